The average Bonchev–Trinajstić information content (AvgIpc) is 2.97. The lowest BCUT2D eigenvalue weighted by Crippen LogP contribution is -2.35. The van der Waals surface area contributed by atoms with Crippen molar-refractivity contribution in [3.05, 3.63) is 53.7 Å². The number of furan rings is 1. The predicted octanol–water partition coefficient (Wildman–Crippen LogP) is 1.99. The summed E-state index contributed by atoms with van der Waals surface area (Å²) in [5, 5.41) is 11.7. The first-order valence-electron chi connectivity index (χ1n) is 6.45. The third-order valence-electron chi connectivity index (χ3n) is 2.81. The molecule has 21 heavy (non-hydrogen) atoms. The maximum Gasteiger partial charge on any atom is 0.261 e. The van der Waals surface area contributed by atoms with Crippen molar-refractivity contribution in [2.45, 2.75) is 26.2 Å². The molecule has 0 aliphatic rings. The van der Waals surface area contributed by atoms with Gasteiger partial charge in [-0.3, -0.25) is 4.79 Å². The molecular weight excluding hydrogens is 277 g/mol. The number of carbonyl (C=O) groups is 1. The van der Waals surface area contributed by atoms with Crippen LogP contribution in [0.2, 0.25) is 0 Å². The van der Waals surface area contributed by atoms with Crippen molar-refractivity contribution in [3.63, 3.8) is 0 Å². The molecule has 0 aliphatic heterocycles. The van der Waals surface area contributed by atoms with Gasteiger partial charge in [0.2, 0.25) is 0 Å². The number of carbonyl (C=O) groups excluding carboxylic acids is 1. The Labute approximate surface area is 121 Å². The van der Waals surface area contributed by atoms with Crippen molar-refractivity contribution >= 4 is 5.91 Å². The van der Waals surface area contributed by atoms with E-state index in [1.54, 1.807) is 19.1 Å². The number of hydrogen-bond donors (Lipinski definition) is 2. The molecule has 2 N–H and O–H groups in total. The molecule has 1 heterocycles. The summed E-state index contributed by atoms with van der Waals surface area (Å²) in [6, 6.07) is 7.32. The molecule has 0 fully saturated rings. The Morgan fingerprint density at radius 3 is 2.95 bits per heavy atom. The molecule has 0 bridgehead atoms. The summed E-state index contributed by atoms with van der Waals surface area (Å²) in [5.41, 5.74) is 0.383. The first-order valence-corrected chi connectivity index (χ1v) is 6.45. The highest BCUT2D eigenvalue weighted by Crippen LogP contribution is 2.18. The molecule has 2 aromatic rings. The van der Waals surface area contributed by atoms with Gasteiger partial charge in [-0.2, -0.15) is 0 Å². The zero-order chi connectivity index (χ0) is 15.2. The number of halogens is 1. The van der Waals surface area contributed by atoms with Gasteiger partial charge in [0, 0.05) is 6.07 Å². The van der Waals surface area contributed by atoms with Crippen molar-refractivity contribution in [1.29, 1.82) is 0 Å². The number of aliphatic hydroxyl groups excluding tert-OH is 1. The van der Waals surface area contributed by atoms with Crippen LogP contribution in [0.5, 0.6) is 5.75 Å². The quantitative estimate of drug-likeness (QED) is 0.854. The second-order valence-corrected chi connectivity index (χ2v) is 4.51. The van der Waals surface area contributed by atoms with Crippen LogP contribution in [0, 0.1) is 5.82 Å². The van der Waals surface area contributed by atoms with E-state index in [-0.39, 0.29) is 24.8 Å². The van der Waals surface area contributed by atoms with Crippen LogP contribution in [0.3, 0.4) is 0 Å². The minimum atomic E-state index is -0.798. The Hall–Kier alpha value is -2.34. The van der Waals surface area contributed by atoms with E-state index >= 15 is 0 Å². The molecule has 0 spiro atoms. The maximum atomic E-state index is 13.3. The number of benzene rings is 1. The van der Waals surface area contributed by atoms with Crippen molar-refractivity contribution in [2.24, 2.45) is 0 Å². The summed E-state index contributed by atoms with van der Waals surface area (Å²) >= 11 is 0. The highest BCUT2D eigenvalue weighted by Gasteiger charge is 2.15. The first-order chi connectivity index (χ1) is 10.1. The Kier molecular flexibility index (Phi) is 4.94. The van der Waals surface area contributed by atoms with Crippen LogP contribution in [0.1, 0.15) is 18.2 Å². The number of hydrogen-bond acceptors (Lipinski definition) is 4. The van der Waals surface area contributed by atoms with Crippen LogP contribution >= 0.6 is 0 Å². The van der Waals surface area contributed by atoms with Crippen LogP contribution in [-0.2, 0) is 17.9 Å². The van der Waals surface area contributed by atoms with Gasteiger partial charge in [0.15, 0.2) is 6.10 Å². The maximum absolute atomic E-state index is 13.3. The number of rotatable bonds is 6. The van der Waals surface area contributed by atoms with Crippen molar-refractivity contribution in [1.82, 2.24) is 5.32 Å². The third kappa shape index (κ3) is 4.32. The van der Waals surface area contributed by atoms with Crippen molar-refractivity contribution in [2.75, 3.05) is 0 Å². The standard InChI is InChI=1S/C15H16FNO4/c1-10(15(19)17-8-13-3-2-4-20-13)21-14-6-11(9-18)5-12(16)7-14/h2-7,10,18H,8-9H2,1H3,(H,17,19). The van der Waals surface area contributed by atoms with E-state index in [9.17, 15) is 9.18 Å². The lowest BCUT2D eigenvalue weighted by Gasteiger charge is -2.15. The van der Waals surface area contributed by atoms with Crippen molar-refractivity contribution in [3.8, 4) is 5.75 Å². The van der Waals surface area contributed by atoms with E-state index in [1.807, 2.05) is 0 Å². The lowest BCUT2D eigenvalue weighted by molar-refractivity contribution is -0.127. The Morgan fingerprint density at radius 1 is 1.48 bits per heavy atom. The summed E-state index contributed by atoms with van der Waals surface area (Å²) in [6.45, 7) is 1.51. The van der Waals surface area contributed by atoms with Crippen LogP contribution in [0.4, 0.5) is 4.39 Å². The normalized spacial score (nSPS) is 12.0. The van der Waals surface area contributed by atoms with E-state index in [0.717, 1.165) is 6.07 Å². The first kappa shape index (κ1) is 15.1. The van der Waals surface area contributed by atoms with Crippen LogP contribution in [-0.4, -0.2) is 17.1 Å². The molecule has 112 valence electrons. The monoisotopic (exact) mass is 293 g/mol. The fourth-order valence-electron chi connectivity index (χ4n) is 1.77. The topological polar surface area (TPSA) is 71.7 Å². The molecule has 1 aromatic carbocycles. The zero-order valence-corrected chi connectivity index (χ0v) is 11.5. The SMILES string of the molecule is CC(Oc1cc(F)cc(CO)c1)C(=O)NCc1ccco1. The second-order valence-electron chi connectivity index (χ2n) is 4.51. The van der Waals surface area contributed by atoms with Crippen LogP contribution in [0.25, 0.3) is 0 Å². The molecule has 6 heteroatoms. The molecule has 2 rings (SSSR count). The summed E-state index contributed by atoms with van der Waals surface area (Å²) in [7, 11) is 0. The zero-order valence-electron chi connectivity index (χ0n) is 11.5. The van der Waals surface area contributed by atoms with Gasteiger partial charge >= 0.3 is 0 Å². The molecule has 5 nitrogen and oxygen atoms in total. The molecule has 0 saturated heterocycles. The lowest BCUT2D eigenvalue weighted by atomic mass is 10.2. The summed E-state index contributed by atoms with van der Waals surface area (Å²) in [6.07, 6.45) is 0.721. The second kappa shape index (κ2) is 6.90. The molecular formula is C15H16FNO4. The molecule has 1 unspecified atom stereocenters. The van der Waals surface area contributed by atoms with Crippen LogP contribution in [0.15, 0.2) is 41.0 Å². The third-order valence-corrected chi connectivity index (χ3v) is 2.81. The summed E-state index contributed by atoms with van der Waals surface area (Å²) in [4.78, 5) is 11.9. The predicted molar refractivity (Wildman–Crippen MR) is 73.0 cm³/mol. The van der Waals surface area contributed by atoms with Gasteiger partial charge in [-0.25, -0.2) is 4.39 Å². The number of amides is 1. The van der Waals surface area contributed by atoms with E-state index in [0.29, 0.717) is 11.3 Å². The van der Waals surface area contributed by atoms with Crippen molar-refractivity contribution < 1.29 is 23.4 Å². The molecule has 1 aromatic heterocycles. The minimum Gasteiger partial charge on any atom is -0.481 e. The van der Waals surface area contributed by atoms with Gasteiger partial charge in [-0.05, 0) is 36.8 Å². The van der Waals surface area contributed by atoms with Gasteiger partial charge in [-0.1, -0.05) is 0 Å². The Morgan fingerprint density at radius 2 is 2.29 bits per heavy atom. The largest absolute Gasteiger partial charge is 0.481 e. The van der Waals surface area contributed by atoms with E-state index in [1.165, 1.54) is 18.4 Å². The van der Waals surface area contributed by atoms with Gasteiger partial charge < -0.3 is 19.6 Å². The Bertz CT molecular complexity index is 598. The van der Waals surface area contributed by atoms with Gasteiger partial charge in [-0.15, -0.1) is 0 Å². The fraction of sp³-hybridized carbons (Fsp3) is 0.267. The van der Waals surface area contributed by atoms with E-state index in [4.69, 9.17) is 14.3 Å². The van der Waals surface area contributed by atoms with Gasteiger partial charge in [0.25, 0.3) is 5.91 Å². The fourth-order valence-corrected chi connectivity index (χ4v) is 1.77. The van der Waals surface area contributed by atoms with Gasteiger partial charge in [0.05, 0.1) is 19.4 Å². The number of aliphatic hydroxyl groups is 1. The van der Waals surface area contributed by atoms with Crippen LogP contribution < -0.4 is 10.1 Å². The van der Waals surface area contributed by atoms with E-state index in [2.05, 4.69) is 5.32 Å². The molecule has 0 aliphatic carbocycles. The van der Waals surface area contributed by atoms with E-state index < -0.39 is 11.9 Å². The summed E-state index contributed by atoms with van der Waals surface area (Å²) < 4.78 is 23.8. The summed E-state index contributed by atoms with van der Waals surface area (Å²) in [5.74, 6) is -0.0514. The molecule has 1 amide bonds. The molecule has 1 atom stereocenters. The number of nitrogens with one attached hydrogen (secondary N) is 1. The van der Waals surface area contributed by atoms with Gasteiger partial charge in [0.1, 0.15) is 17.3 Å². The highest BCUT2D eigenvalue weighted by atomic mass is 19.1. The smallest absolute Gasteiger partial charge is 0.261 e. The molecule has 0 saturated carbocycles. The highest BCUT2D eigenvalue weighted by molar-refractivity contribution is 5.80. The molecule has 0 radical (unpaired) electrons. The number of ether oxygens (including phenoxy) is 1. The Balaban J connectivity index is 1.92. The minimum absolute atomic E-state index is 0.194. The average molecular weight is 293 g/mol.